The number of anilines is 1. The number of aryl methyl sites for hydroxylation is 2. The topological polar surface area (TPSA) is 162 Å². The molecule has 71 heavy (non-hydrogen) atoms. The number of halogens is 1. The standard InChI is InChI=1S/C27H30N6O2.C23H28N4O2.C4H3ClN2/c1-31-17-21(27(34)23-7-3-4-8-24(23)31)18-33(16-20-9-10-30-26(14-20)35-2)22-6-5-13-32(19-22)25-15-28-11-12-29-25;1-26-15-18(23(28)20-7-3-4-8-21(20)26)16-27(19-6-5-10-24-13-19)14-17-9-11-25-22(12-17)29-2;5-4-3-6-1-2-7-4/h3-4,7-12,14-15,17,22H,5-6,13,16,18-19H2,1-2H3;3-4,7-9,11-12,15,19,24H,5-6,10,13-14,16H2,1-2H3;1-3H. The zero-order valence-electron chi connectivity index (χ0n) is 40.8. The fourth-order valence-corrected chi connectivity index (χ4v) is 9.55. The Hall–Kier alpha value is -7.11. The van der Waals surface area contributed by atoms with Gasteiger partial charge in [-0.05, 0) is 79.8 Å². The largest absolute Gasteiger partial charge is 0.481 e. The van der Waals surface area contributed by atoms with Crippen LogP contribution >= 0.6 is 11.6 Å². The van der Waals surface area contributed by atoms with Crippen molar-refractivity contribution in [1.82, 2.24) is 54.2 Å². The number of nitrogens with one attached hydrogen (secondary N) is 1. The Labute approximate surface area is 419 Å². The molecule has 0 radical (unpaired) electrons. The second-order valence-electron chi connectivity index (χ2n) is 17.8. The lowest BCUT2D eigenvalue weighted by atomic mass is 10.0. The number of methoxy groups -OCH3 is 2. The Balaban J connectivity index is 0.000000169. The molecular weight excluding hydrogens is 916 g/mol. The third-order valence-corrected chi connectivity index (χ3v) is 13.2. The molecule has 17 heteroatoms. The lowest BCUT2D eigenvalue weighted by Crippen LogP contribution is -2.48. The van der Waals surface area contributed by atoms with Crippen molar-refractivity contribution in [3.05, 3.63) is 183 Å². The minimum Gasteiger partial charge on any atom is -0.481 e. The van der Waals surface area contributed by atoms with E-state index in [9.17, 15) is 9.59 Å². The van der Waals surface area contributed by atoms with Gasteiger partial charge in [0.15, 0.2) is 10.9 Å². The van der Waals surface area contributed by atoms with E-state index in [0.717, 1.165) is 108 Å². The van der Waals surface area contributed by atoms with E-state index >= 15 is 0 Å². The SMILES string of the molecule is COc1cc(CN(Cc2cn(C)c3ccccc3c2=O)C2CCCN(c3cnccn3)C2)ccn1.COc1cc(CN(Cc2cn(C)c3ccccc3c2=O)C2CCCNC2)ccn1.Clc1cnccn1. The Bertz CT molecular complexity index is 3100. The van der Waals surface area contributed by atoms with Crippen LogP contribution < -0.4 is 30.5 Å². The van der Waals surface area contributed by atoms with Gasteiger partial charge in [-0.25, -0.2) is 19.9 Å². The van der Waals surface area contributed by atoms with Crippen LogP contribution in [0.25, 0.3) is 21.8 Å². The van der Waals surface area contributed by atoms with E-state index in [-0.39, 0.29) is 16.9 Å². The van der Waals surface area contributed by atoms with Crippen LogP contribution in [0.15, 0.2) is 144 Å². The molecule has 0 saturated carbocycles. The molecule has 2 saturated heterocycles. The van der Waals surface area contributed by atoms with Gasteiger partial charge in [-0.15, -0.1) is 0 Å². The third-order valence-electron chi connectivity index (χ3n) is 13.0. The highest BCUT2D eigenvalue weighted by molar-refractivity contribution is 6.29. The first-order valence-corrected chi connectivity index (χ1v) is 24.3. The van der Waals surface area contributed by atoms with Crippen molar-refractivity contribution in [2.24, 2.45) is 14.1 Å². The number of ether oxygens (including phenoxy) is 2. The van der Waals surface area contributed by atoms with Crippen molar-refractivity contribution in [1.29, 1.82) is 0 Å². The van der Waals surface area contributed by atoms with Gasteiger partial charge in [-0.1, -0.05) is 35.9 Å². The van der Waals surface area contributed by atoms with E-state index in [2.05, 4.69) is 54.5 Å². The van der Waals surface area contributed by atoms with Gasteiger partial charge < -0.3 is 28.8 Å². The Kier molecular flexibility index (Phi) is 17.4. The maximum absolute atomic E-state index is 13.4. The number of piperidine rings is 2. The number of rotatable bonds is 13. The molecule has 0 spiro atoms. The summed E-state index contributed by atoms with van der Waals surface area (Å²) in [5.41, 5.74) is 5.99. The highest BCUT2D eigenvalue weighted by Crippen LogP contribution is 2.25. The van der Waals surface area contributed by atoms with E-state index in [1.54, 1.807) is 51.4 Å². The number of pyridine rings is 4. The van der Waals surface area contributed by atoms with E-state index in [4.69, 9.17) is 21.1 Å². The molecule has 0 aliphatic carbocycles. The molecule has 2 aliphatic heterocycles. The number of aromatic nitrogens is 8. The molecule has 1 N–H and O–H groups in total. The second kappa shape index (κ2) is 24.6. The predicted octanol–water partition coefficient (Wildman–Crippen LogP) is 7.23. The van der Waals surface area contributed by atoms with Crippen molar-refractivity contribution in [3.63, 3.8) is 0 Å². The number of fused-ring (bicyclic) bond motifs is 2. The van der Waals surface area contributed by atoms with Gasteiger partial charge in [0.05, 0.1) is 37.6 Å². The van der Waals surface area contributed by atoms with E-state index in [1.165, 1.54) is 6.20 Å². The fourth-order valence-electron chi connectivity index (χ4n) is 9.44. The number of benzene rings is 2. The van der Waals surface area contributed by atoms with Gasteiger partial charge in [0.25, 0.3) is 0 Å². The van der Waals surface area contributed by atoms with Crippen LogP contribution in [-0.2, 0) is 40.3 Å². The monoisotopic (exact) mass is 976 g/mol. The first-order chi connectivity index (χ1) is 34.7. The van der Waals surface area contributed by atoms with Gasteiger partial charge in [-0.3, -0.25) is 29.4 Å². The van der Waals surface area contributed by atoms with Crippen LogP contribution in [0.4, 0.5) is 5.82 Å². The van der Waals surface area contributed by atoms with Crippen LogP contribution in [0.2, 0.25) is 5.15 Å². The summed E-state index contributed by atoms with van der Waals surface area (Å²) in [6.07, 6.45) is 21.8. The summed E-state index contributed by atoms with van der Waals surface area (Å²) in [5.74, 6) is 2.10. The van der Waals surface area contributed by atoms with Crippen molar-refractivity contribution in [3.8, 4) is 11.8 Å². The molecule has 0 amide bonds. The molecule has 16 nitrogen and oxygen atoms in total. The Morgan fingerprint density at radius 3 is 1.69 bits per heavy atom. The quantitative estimate of drug-likeness (QED) is 0.123. The first-order valence-electron chi connectivity index (χ1n) is 23.9. The second-order valence-corrected chi connectivity index (χ2v) is 18.2. The minimum absolute atomic E-state index is 0.0950. The van der Waals surface area contributed by atoms with Crippen LogP contribution in [0.1, 0.15) is 47.9 Å². The van der Waals surface area contributed by atoms with Crippen molar-refractivity contribution < 1.29 is 9.47 Å². The third kappa shape index (κ3) is 13.2. The minimum atomic E-state index is 0.0950. The molecule has 2 aliphatic rings. The molecule has 8 heterocycles. The van der Waals surface area contributed by atoms with Gasteiger partial charge in [0.1, 0.15) is 11.0 Å². The maximum Gasteiger partial charge on any atom is 0.213 e. The summed E-state index contributed by atoms with van der Waals surface area (Å²) >= 11 is 5.37. The smallest absolute Gasteiger partial charge is 0.213 e. The molecule has 2 unspecified atom stereocenters. The molecule has 2 fully saturated rings. The van der Waals surface area contributed by atoms with Crippen LogP contribution in [-0.4, -0.2) is 101 Å². The Morgan fingerprint density at radius 1 is 0.648 bits per heavy atom. The summed E-state index contributed by atoms with van der Waals surface area (Å²) in [4.78, 5) is 58.3. The predicted molar refractivity (Wildman–Crippen MR) is 279 cm³/mol. The summed E-state index contributed by atoms with van der Waals surface area (Å²) in [6.45, 7) is 6.39. The lowest BCUT2D eigenvalue weighted by molar-refractivity contribution is 0.149. The van der Waals surface area contributed by atoms with E-state index in [0.29, 0.717) is 42.6 Å². The van der Waals surface area contributed by atoms with Crippen molar-refractivity contribution in [2.45, 2.75) is 63.9 Å². The number of para-hydroxylation sites is 2. The first kappa shape index (κ1) is 50.3. The van der Waals surface area contributed by atoms with Gasteiger partial charge >= 0.3 is 0 Å². The maximum atomic E-state index is 13.4. The number of nitrogens with zero attached hydrogens (tertiary/aromatic N) is 11. The molecule has 0 bridgehead atoms. The van der Waals surface area contributed by atoms with Gasteiger partial charge in [0, 0.05) is 156 Å². The van der Waals surface area contributed by atoms with Crippen LogP contribution in [0.5, 0.6) is 11.8 Å². The number of hydrogen-bond acceptors (Lipinski definition) is 14. The van der Waals surface area contributed by atoms with Crippen LogP contribution in [0.3, 0.4) is 0 Å². The Morgan fingerprint density at radius 2 is 1.20 bits per heavy atom. The zero-order valence-corrected chi connectivity index (χ0v) is 41.5. The fraction of sp³-hybridized carbons (Fsp3) is 0.333. The zero-order chi connectivity index (χ0) is 49.5. The molecule has 10 rings (SSSR count). The molecular formula is C54H61ClN12O4. The molecule has 2 aromatic carbocycles. The summed E-state index contributed by atoms with van der Waals surface area (Å²) in [5, 5.41) is 5.47. The summed E-state index contributed by atoms with van der Waals surface area (Å²) in [6, 6.07) is 24.2. The van der Waals surface area contributed by atoms with Crippen molar-refractivity contribution in [2.75, 3.05) is 45.3 Å². The molecule has 8 aromatic rings. The molecule has 2 atom stereocenters. The summed E-state index contributed by atoms with van der Waals surface area (Å²) < 4.78 is 14.7. The average Bonchev–Trinajstić information content (AvgIpc) is 3.42. The normalized spacial score (nSPS) is 15.7. The van der Waals surface area contributed by atoms with Gasteiger partial charge in [-0.2, -0.15) is 0 Å². The molecule has 6 aromatic heterocycles. The van der Waals surface area contributed by atoms with E-state index < -0.39 is 0 Å². The summed E-state index contributed by atoms with van der Waals surface area (Å²) in [7, 11) is 7.27. The van der Waals surface area contributed by atoms with E-state index in [1.807, 2.05) is 110 Å². The van der Waals surface area contributed by atoms with Crippen molar-refractivity contribution >= 4 is 39.2 Å². The average molecular weight is 978 g/mol. The highest BCUT2D eigenvalue weighted by atomic mass is 35.5. The highest BCUT2D eigenvalue weighted by Gasteiger charge is 2.28. The lowest BCUT2D eigenvalue weighted by Gasteiger charge is -2.40. The number of hydrogen-bond donors (Lipinski definition) is 1. The molecule has 368 valence electrons. The van der Waals surface area contributed by atoms with Crippen LogP contribution in [0, 0.1) is 0 Å². The van der Waals surface area contributed by atoms with Gasteiger partial charge in [0.2, 0.25) is 11.8 Å².